The van der Waals surface area contributed by atoms with Crippen LogP contribution < -0.4 is 15.1 Å². The van der Waals surface area contributed by atoms with Crippen LogP contribution in [0.25, 0.3) is 10.9 Å². The summed E-state index contributed by atoms with van der Waals surface area (Å²) in [5.74, 6) is 0.843. The van der Waals surface area contributed by atoms with Crippen LogP contribution in [0.4, 0.5) is 5.69 Å². The molecule has 31 heavy (non-hydrogen) atoms. The van der Waals surface area contributed by atoms with Crippen LogP contribution in [-0.2, 0) is 13.1 Å². The number of ether oxygens (including phenoxy) is 1. The van der Waals surface area contributed by atoms with Crippen molar-refractivity contribution in [3.05, 3.63) is 105 Å². The molecule has 1 aromatic heterocycles. The molecule has 0 aliphatic heterocycles. The Balaban J connectivity index is 1.72. The first-order valence-corrected chi connectivity index (χ1v) is 10.5. The zero-order valence-electron chi connectivity index (χ0n) is 18.5. The zero-order chi connectivity index (χ0) is 22.0. The largest absolute Gasteiger partial charge is 0.497 e. The zero-order valence-corrected chi connectivity index (χ0v) is 18.5. The monoisotopic (exact) mass is 412 g/mol. The summed E-state index contributed by atoms with van der Waals surface area (Å²) in [5.41, 5.74) is 7.49. The Morgan fingerprint density at radius 1 is 0.839 bits per heavy atom. The Morgan fingerprint density at radius 3 is 2.19 bits per heavy atom. The maximum absolute atomic E-state index is 12.9. The lowest BCUT2D eigenvalue weighted by atomic mass is 10.0. The molecule has 4 nitrogen and oxygen atoms in total. The second kappa shape index (κ2) is 8.68. The molecule has 1 heterocycles. The maximum atomic E-state index is 12.9. The summed E-state index contributed by atoms with van der Waals surface area (Å²) in [7, 11) is 1.67. The topological polar surface area (TPSA) is 45.3 Å². The molecule has 0 amide bonds. The molecule has 0 unspecified atom stereocenters. The summed E-state index contributed by atoms with van der Waals surface area (Å²) in [6.07, 6.45) is 0. The highest BCUT2D eigenvalue weighted by Crippen LogP contribution is 2.23. The van der Waals surface area contributed by atoms with Crippen LogP contribution in [0.1, 0.15) is 27.9 Å². The Morgan fingerprint density at radius 2 is 1.52 bits per heavy atom. The Kier molecular flexibility index (Phi) is 5.81. The second-order valence-electron chi connectivity index (χ2n) is 8.15. The first-order chi connectivity index (χ1) is 14.9. The van der Waals surface area contributed by atoms with Crippen molar-refractivity contribution in [1.82, 2.24) is 4.98 Å². The highest BCUT2D eigenvalue weighted by atomic mass is 16.5. The third-order valence-electron chi connectivity index (χ3n) is 5.75. The van der Waals surface area contributed by atoms with E-state index in [2.05, 4.69) is 59.3 Å². The smallest absolute Gasteiger partial charge is 0.190 e. The Labute approximate surface area is 183 Å². The van der Waals surface area contributed by atoms with Crippen molar-refractivity contribution in [2.45, 2.75) is 33.9 Å². The summed E-state index contributed by atoms with van der Waals surface area (Å²) in [6, 6.07) is 22.4. The lowest BCUT2D eigenvalue weighted by Gasteiger charge is -2.25. The molecule has 0 fully saturated rings. The number of aromatic amines is 1. The average Bonchev–Trinajstić information content (AvgIpc) is 2.77. The number of rotatable bonds is 6. The molecule has 0 aliphatic rings. The number of aromatic nitrogens is 1. The van der Waals surface area contributed by atoms with Crippen molar-refractivity contribution >= 4 is 16.6 Å². The van der Waals surface area contributed by atoms with Gasteiger partial charge in [0.05, 0.1) is 19.2 Å². The van der Waals surface area contributed by atoms with Crippen LogP contribution in [0.5, 0.6) is 5.75 Å². The summed E-state index contributed by atoms with van der Waals surface area (Å²) in [4.78, 5) is 18.7. The van der Waals surface area contributed by atoms with Gasteiger partial charge in [-0.2, -0.15) is 0 Å². The maximum Gasteiger partial charge on any atom is 0.190 e. The molecular weight excluding hydrogens is 384 g/mol. The van der Waals surface area contributed by atoms with Gasteiger partial charge in [0.15, 0.2) is 5.43 Å². The summed E-state index contributed by atoms with van der Waals surface area (Å²) < 4.78 is 5.29. The first kappa shape index (κ1) is 20.7. The number of nitrogens with one attached hydrogen (secondary N) is 1. The number of aryl methyl sites for hydroxylation is 3. The van der Waals surface area contributed by atoms with E-state index >= 15 is 0 Å². The highest BCUT2D eigenvalue weighted by Gasteiger charge is 2.13. The van der Waals surface area contributed by atoms with Crippen molar-refractivity contribution in [3.63, 3.8) is 0 Å². The quantitative estimate of drug-likeness (QED) is 0.444. The molecule has 0 spiro atoms. The van der Waals surface area contributed by atoms with Crippen molar-refractivity contribution in [1.29, 1.82) is 0 Å². The normalized spacial score (nSPS) is 11.0. The molecule has 4 rings (SSSR count). The van der Waals surface area contributed by atoms with Gasteiger partial charge in [0.25, 0.3) is 0 Å². The molecule has 3 aromatic carbocycles. The van der Waals surface area contributed by atoms with Crippen LogP contribution in [0.3, 0.4) is 0 Å². The number of benzene rings is 3. The number of H-pyrrole nitrogens is 1. The highest BCUT2D eigenvalue weighted by molar-refractivity contribution is 5.84. The third-order valence-corrected chi connectivity index (χ3v) is 5.75. The molecule has 1 N–H and O–H groups in total. The molecule has 4 aromatic rings. The van der Waals surface area contributed by atoms with Gasteiger partial charge in [0, 0.05) is 29.4 Å². The predicted molar refractivity (Wildman–Crippen MR) is 128 cm³/mol. The van der Waals surface area contributed by atoms with Gasteiger partial charge in [-0.05, 0) is 61.7 Å². The van der Waals surface area contributed by atoms with Crippen molar-refractivity contribution in [3.8, 4) is 5.75 Å². The number of fused-ring (bicyclic) bond motifs is 1. The van der Waals surface area contributed by atoms with E-state index in [1.165, 1.54) is 11.1 Å². The number of hydrogen-bond donors (Lipinski definition) is 1. The SMILES string of the molecule is COc1ccc(CN(Cc2cc(=O)c3c(C)ccc(C)c3[nH]2)c2ccc(C)cc2)cc1. The minimum atomic E-state index is 0.0678. The summed E-state index contributed by atoms with van der Waals surface area (Å²) in [5, 5.41) is 0.779. The molecule has 158 valence electrons. The van der Waals surface area contributed by atoms with Gasteiger partial charge in [0.1, 0.15) is 5.75 Å². The fourth-order valence-corrected chi connectivity index (χ4v) is 3.95. The fourth-order valence-electron chi connectivity index (χ4n) is 3.95. The van der Waals surface area contributed by atoms with Crippen molar-refractivity contribution in [2.75, 3.05) is 12.0 Å². The molecule has 4 heteroatoms. The molecule has 0 radical (unpaired) electrons. The number of hydrogen-bond acceptors (Lipinski definition) is 3. The minimum absolute atomic E-state index is 0.0678. The van der Waals surface area contributed by atoms with E-state index in [4.69, 9.17) is 4.74 Å². The second-order valence-corrected chi connectivity index (χ2v) is 8.15. The van der Waals surface area contributed by atoms with E-state index in [1.54, 1.807) is 13.2 Å². The van der Waals surface area contributed by atoms with Gasteiger partial charge in [-0.15, -0.1) is 0 Å². The van der Waals surface area contributed by atoms with Gasteiger partial charge >= 0.3 is 0 Å². The minimum Gasteiger partial charge on any atom is -0.497 e. The van der Waals surface area contributed by atoms with Crippen molar-refractivity contribution < 1.29 is 4.74 Å². The summed E-state index contributed by atoms with van der Waals surface area (Å²) >= 11 is 0. The lowest BCUT2D eigenvalue weighted by molar-refractivity contribution is 0.414. The van der Waals surface area contributed by atoms with E-state index in [1.807, 2.05) is 32.0 Å². The van der Waals surface area contributed by atoms with E-state index in [9.17, 15) is 4.79 Å². The number of anilines is 1. The van der Waals surface area contributed by atoms with E-state index in [0.29, 0.717) is 6.54 Å². The van der Waals surface area contributed by atoms with E-state index in [-0.39, 0.29) is 5.43 Å². The Hall–Kier alpha value is -3.53. The third kappa shape index (κ3) is 4.48. The van der Waals surface area contributed by atoms with Gasteiger partial charge < -0.3 is 14.6 Å². The molecule has 0 bridgehead atoms. The van der Waals surface area contributed by atoms with Crippen LogP contribution >= 0.6 is 0 Å². The molecule has 0 saturated heterocycles. The van der Waals surface area contributed by atoms with Crippen LogP contribution in [-0.4, -0.2) is 12.1 Å². The van der Waals surface area contributed by atoms with Crippen LogP contribution in [0, 0.1) is 20.8 Å². The van der Waals surface area contributed by atoms with Crippen molar-refractivity contribution in [2.24, 2.45) is 0 Å². The first-order valence-electron chi connectivity index (χ1n) is 10.5. The van der Waals surface area contributed by atoms with Gasteiger partial charge in [-0.3, -0.25) is 4.79 Å². The standard InChI is InChI=1S/C27H28N2O2/c1-18-5-11-23(12-6-18)29(16-21-9-13-24(31-4)14-10-21)17-22-15-25(30)26-19(2)7-8-20(3)27(26)28-22/h5-15H,16-17H2,1-4H3,(H,28,30). The fraction of sp³-hybridized carbons (Fsp3) is 0.222. The number of pyridine rings is 1. The number of methoxy groups -OCH3 is 1. The van der Waals surface area contributed by atoms with Gasteiger partial charge in [-0.1, -0.05) is 42.0 Å². The van der Waals surface area contributed by atoms with Gasteiger partial charge in [0.2, 0.25) is 0 Å². The molecule has 0 saturated carbocycles. The van der Waals surface area contributed by atoms with E-state index in [0.717, 1.165) is 45.7 Å². The summed E-state index contributed by atoms with van der Waals surface area (Å²) in [6.45, 7) is 7.44. The predicted octanol–water partition coefficient (Wildman–Crippen LogP) is 5.67. The Bertz CT molecular complexity index is 1260. The lowest BCUT2D eigenvalue weighted by Crippen LogP contribution is -2.24. The molecular formula is C27H28N2O2. The molecule has 0 atom stereocenters. The van der Waals surface area contributed by atoms with Crippen LogP contribution in [0.2, 0.25) is 0 Å². The average molecular weight is 413 g/mol. The number of nitrogens with zero attached hydrogens (tertiary/aromatic N) is 1. The van der Waals surface area contributed by atoms with Gasteiger partial charge in [-0.25, -0.2) is 0 Å². The van der Waals surface area contributed by atoms with Crippen LogP contribution in [0.15, 0.2) is 71.5 Å². The molecule has 0 aliphatic carbocycles. The van der Waals surface area contributed by atoms with E-state index < -0.39 is 0 Å².